The van der Waals surface area contributed by atoms with Crippen LogP contribution in [0.5, 0.6) is 0 Å². The molecule has 0 radical (unpaired) electrons. The molecule has 0 heterocycles. The molecular formula is C13H18N2O3S. The number of benzene rings is 1. The van der Waals surface area contributed by atoms with Crippen molar-refractivity contribution in [1.29, 1.82) is 5.26 Å². The van der Waals surface area contributed by atoms with Crippen molar-refractivity contribution in [2.75, 3.05) is 0 Å². The minimum absolute atomic E-state index is 0.114. The van der Waals surface area contributed by atoms with E-state index in [1.54, 1.807) is 26.0 Å². The van der Waals surface area contributed by atoms with E-state index < -0.39 is 21.7 Å². The molecule has 104 valence electrons. The van der Waals surface area contributed by atoms with Crippen LogP contribution in [0.25, 0.3) is 0 Å². The number of nitriles is 1. The Morgan fingerprint density at radius 2 is 1.89 bits per heavy atom. The quantitative estimate of drug-likeness (QED) is 0.848. The highest BCUT2D eigenvalue weighted by molar-refractivity contribution is 7.89. The third-order valence-corrected chi connectivity index (χ3v) is 4.65. The van der Waals surface area contributed by atoms with Crippen molar-refractivity contribution in [2.45, 2.75) is 43.7 Å². The maximum Gasteiger partial charge on any atom is 0.241 e. The molecule has 0 aliphatic heterocycles. The number of aliphatic hydroxyl groups is 1. The lowest BCUT2D eigenvalue weighted by Crippen LogP contribution is -2.50. The van der Waals surface area contributed by atoms with Crippen molar-refractivity contribution in [1.82, 2.24) is 4.72 Å². The molecule has 0 fully saturated rings. The molecule has 1 rings (SSSR count). The van der Waals surface area contributed by atoms with Crippen molar-refractivity contribution in [3.8, 4) is 6.07 Å². The maximum atomic E-state index is 12.1. The molecule has 2 N–H and O–H groups in total. The highest BCUT2D eigenvalue weighted by atomic mass is 32.2. The molecule has 1 aromatic rings. The fraction of sp³-hybridized carbons (Fsp3) is 0.462. The summed E-state index contributed by atoms with van der Waals surface area (Å²) < 4.78 is 26.7. The van der Waals surface area contributed by atoms with Gasteiger partial charge in [-0.25, -0.2) is 13.1 Å². The number of nitrogens with one attached hydrogen (secondary N) is 1. The molecular weight excluding hydrogens is 264 g/mol. The number of aliphatic hydroxyl groups excluding tert-OH is 1. The molecule has 0 spiro atoms. The van der Waals surface area contributed by atoms with E-state index in [0.29, 0.717) is 0 Å². The fourth-order valence-corrected chi connectivity index (χ4v) is 2.84. The van der Waals surface area contributed by atoms with Gasteiger partial charge in [-0.05, 0) is 38.5 Å². The summed E-state index contributed by atoms with van der Waals surface area (Å²) in [5.41, 5.74) is -0.194. The SMILES string of the molecule is CC(O)C(C)(C)NS(=O)(=O)c1ccc(CC#N)cc1. The lowest BCUT2D eigenvalue weighted by molar-refractivity contribution is 0.111. The highest BCUT2D eigenvalue weighted by Gasteiger charge is 2.30. The molecule has 1 unspecified atom stereocenters. The normalized spacial score (nSPS) is 13.8. The van der Waals surface area contributed by atoms with E-state index in [1.807, 2.05) is 6.07 Å². The van der Waals surface area contributed by atoms with Gasteiger partial charge in [0.25, 0.3) is 0 Å². The molecule has 5 nitrogen and oxygen atoms in total. The molecule has 0 amide bonds. The summed E-state index contributed by atoms with van der Waals surface area (Å²) in [4.78, 5) is 0.114. The van der Waals surface area contributed by atoms with Gasteiger partial charge in [0.15, 0.2) is 0 Å². The summed E-state index contributed by atoms with van der Waals surface area (Å²) in [5.74, 6) is 0. The molecule has 0 aliphatic carbocycles. The molecule has 0 saturated carbocycles. The highest BCUT2D eigenvalue weighted by Crippen LogP contribution is 2.16. The first-order valence-corrected chi connectivity index (χ1v) is 7.35. The van der Waals surface area contributed by atoms with Crippen molar-refractivity contribution in [3.63, 3.8) is 0 Å². The third-order valence-electron chi connectivity index (χ3n) is 2.96. The number of hydrogen-bond donors (Lipinski definition) is 2. The summed E-state index contributed by atoms with van der Waals surface area (Å²) >= 11 is 0. The third kappa shape index (κ3) is 4.03. The minimum atomic E-state index is -3.69. The zero-order valence-electron chi connectivity index (χ0n) is 11.2. The number of rotatable bonds is 5. The second-order valence-electron chi connectivity index (χ2n) is 4.98. The molecule has 1 aromatic carbocycles. The van der Waals surface area contributed by atoms with Crippen LogP contribution in [0.15, 0.2) is 29.2 Å². The van der Waals surface area contributed by atoms with Crippen LogP contribution in [0.2, 0.25) is 0 Å². The molecule has 19 heavy (non-hydrogen) atoms. The van der Waals surface area contributed by atoms with Crippen LogP contribution in [-0.2, 0) is 16.4 Å². The van der Waals surface area contributed by atoms with Gasteiger partial charge >= 0.3 is 0 Å². The van der Waals surface area contributed by atoms with E-state index in [4.69, 9.17) is 5.26 Å². The Kier molecular flexibility index (Phi) is 4.69. The van der Waals surface area contributed by atoms with Gasteiger partial charge in [0.1, 0.15) is 0 Å². The van der Waals surface area contributed by atoms with Crippen LogP contribution >= 0.6 is 0 Å². The van der Waals surface area contributed by atoms with Crippen LogP contribution in [0, 0.1) is 11.3 Å². The van der Waals surface area contributed by atoms with Crippen molar-refractivity contribution in [2.24, 2.45) is 0 Å². The molecule has 0 aromatic heterocycles. The van der Waals surface area contributed by atoms with Gasteiger partial charge in [0.2, 0.25) is 10.0 Å². The van der Waals surface area contributed by atoms with E-state index in [0.717, 1.165) is 5.56 Å². The number of nitrogens with zero attached hydrogens (tertiary/aromatic N) is 1. The van der Waals surface area contributed by atoms with E-state index in [-0.39, 0.29) is 11.3 Å². The van der Waals surface area contributed by atoms with Gasteiger partial charge in [0.05, 0.1) is 29.0 Å². The van der Waals surface area contributed by atoms with Gasteiger partial charge in [-0.1, -0.05) is 12.1 Å². The second kappa shape index (κ2) is 5.70. The first kappa shape index (κ1) is 15.6. The van der Waals surface area contributed by atoms with Gasteiger partial charge < -0.3 is 5.11 Å². The van der Waals surface area contributed by atoms with Crippen molar-refractivity contribution >= 4 is 10.0 Å². The predicted molar refractivity (Wildman–Crippen MR) is 71.8 cm³/mol. The van der Waals surface area contributed by atoms with Crippen molar-refractivity contribution < 1.29 is 13.5 Å². The maximum absolute atomic E-state index is 12.1. The van der Waals surface area contributed by atoms with Gasteiger partial charge in [-0.3, -0.25) is 0 Å². The van der Waals surface area contributed by atoms with Gasteiger partial charge in [-0.2, -0.15) is 5.26 Å². The van der Waals surface area contributed by atoms with Crippen LogP contribution in [0.1, 0.15) is 26.3 Å². The molecule has 0 bridgehead atoms. The van der Waals surface area contributed by atoms with Crippen LogP contribution in [0.4, 0.5) is 0 Å². The Balaban J connectivity index is 2.99. The Morgan fingerprint density at radius 3 is 2.32 bits per heavy atom. The average Bonchev–Trinajstić information content (AvgIpc) is 2.28. The zero-order valence-corrected chi connectivity index (χ0v) is 12.0. The van der Waals surface area contributed by atoms with Crippen LogP contribution in [-0.4, -0.2) is 25.2 Å². The lowest BCUT2D eigenvalue weighted by Gasteiger charge is -2.28. The summed E-state index contributed by atoms with van der Waals surface area (Å²) in [5, 5.41) is 18.1. The standard InChI is InChI=1S/C13H18N2O3S/c1-10(16)13(2,3)15-19(17,18)12-6-4-11(5-7-12)8-9-14/h4-7,10,15-16H,8H2,1-3H3. The smallest absolute Gasteiger partial charge is 0.241 e. The Hall–Kier alpha value is -1.42. The van der Waals surface area contributed by atoms with Crippen molar-refractivity contribution in [3.05, 3.63) is 29.8 Å². The number of sulfonamides is 1. The Morgan fingerprint density at radius 1 is 1.37 bits per heavy atom. The average molecular weight is 282 g/mol. The molecule has 0 saturated heterocycles. The zero-order chi connectivity index (χ0) is 14.7. The first-order chi connectivity index (χ1) is 8.69. The van der Waals surface area contributed by atoms with Gasteiger partial charge in [0, 0.05) is 0 Å². The van der Waals surface area contributed by atoms with Gasteiger partial charge in [-0.15, -0.1) is 0 Å². The van der Waals surface area contributed by atoms with E-state index in [9.17, 15) is 13.5 Å². The molecule has 6 heteroatoms. The number of hydrogen-bond acceptors (Lipinski definition) is 4. The first-order valence-electron chi connectivity index (χ1n) is 5.87. The summed E-state index contributed by atoms with van der Waals surface area (Å²) in [6.45, 7) is 4.75. The monoisotopic (exact) mass is 282 g/mol. The largest absolute Gasteiger partial charge is 0.391 e. The van der Waals surface area contributed by atoms with E-state index in [1.165, 1.54) is 19.1 Å². The minimum Gasteiger partial charge on any atom is -0.391 e. The van der Waals surface area contributed by atoms with Crippen LogP contribution in [0.3, 0.4) is 0 Å². The van der Waals surface area contributed by atoms with E-state index >= 15 is 0 Å². The Bertz CT molecular complexity index is 569. The summed E-state index contributed by atoms with van der Waals surface area (Å²) in [6, 6.07) is 8.11. The summed E-state index contributed by atoms with van der Waals surface area (Å²) in [6.07, 6.45) is -0.576. The fourth-order valence-electron chi connectivity index (χ4n) is 1.37. The molecule has 1 atom stereocenters. The Labute approximate surface area is 113 Å². The lowest BCUT2D eigenvalue weighted by atomic mass is 10.0. The second-order valence-corrected chi connectivity index (χ2v) is 6.66. The molecule has 0 aliphatic rings. The van der Waals surface area contributed by atoms with Crippen LogP contribution < -0.4 is 4.72 Å². The summed E-state index contributed by atoms with van der Waals surface area (Å²) in [7, 11) is -3.69. The topological polar surface area (TPSA) is 90.2 Å². The predicted octanol–water partition coefficient (Wildman–Crippen LogP) is 1.19. The van der Waals surface area contributed by atoms with E-state index in [2.05, 4.69) is 4.72 Å².